The molecule has 0 spiro atoms. The number of hydrogen-bond acceptors (Lipinski definition) is 6. The van der Waals surface area contributed by atoms with Gasteiger partial charge < -0.3 is 15.2 Å². The number of carbonyl (C=O) groups is 2. The largest absolute Gasteiger partial charge is 0.469 e. The van der Waals surface area contributed by atoms with Crippen LogP contribution in [0.25, 0.3) is 5.69 Å². The van der Waals surface area contributed by atoms with Crippen molar-refractivity contribution < 1.29 is 19.1 Å². The number of rotatable bonds is 5. The maximum Gasteiger partial charge on any atom is 0.358 e. The molecule has 0 radical (unpaired) electrons. The molecule has 1 aromatic carbocycles. The number of nitrogen functional groups attached to an aromatic ring is 1. The van der Waals surface area contributed by atoms with Crippen LogP contribution in [0, 0.1) is 0 Å². The molecule has 7 heteroatoms. The Morgan fingerprint density at radius 3 is 2.76 bits per heavy atom. The molecule has 0 aliphatic carbocycles. The number of nitrogens with two attached hydrogens (primary N) is 1. The SMILES string of the molecule is COC(=O)CCOC(=O)c1ccn(-c2ccccc2N)n1. The van der Waals surface area contributed by atoms with Gasteiger partial charge in [0, 0.05) is 6.20 Å². The maximum absolute atomic E-state index is 11.8. The standard InChI is InChI=1S/C14H15N3O4/c1-20-13(18)7-9-21-14(19)11-6-8-17(16-11)12-5-3-2-4-10(12)15/h2-6,8H,7,9,15H2,1H3. The maximum atomic E-state index is 11.8. The minimum absolute atomic E-state index is 0.00851. The number of aromatic nitrogens is 2. The minimum Gasteiger partial charge on any atom is -0.469 e. The van der Waals surface area contributed by atoms with Crippen LogP contribution < -0.4 is 5.73 Å². The van der Waals surface area contributed by atoms with Gasteiger partial charge in [-0.05, 0) is 18.2 Å². The highest BCUT2D eigenvalue weighted by atomic mass is 16.5. The molecule has 2 rings (SSSR count). The van der Waals surface area contributed by atoms with Gasteiger partial charge in [0.2, 0.25) is 0 Å². The molecular formula is C14H15N3O4. The van der Waals surface area contributed by atoms with E-state index in [1.165, 1.54) is 17.9 Å². The number of benzene rings is 1. The van der Waals surface area contributed by atoms with Crippen molar-refractivity contribution in [3.8, 4) is 5.69 Å². The Labute approximate surface area is 121 Å². The van der Waals surface area contributed by atoms with Gasteiger partial charge in [-0.3, -0.25) is 4.79 Å². The molecule has 0 amide bonds. The molecule has 21 heavy (non-hydrogen) atoms. The monoisotopic (exact) mass is 289 g/mol. The summed E-state index contributed by atoms with van der Waals surface area (Å²) >= 11 is 0. The number of methoxy groups -OCH3 is 1. The van der Waals surface area contributed by atoms with E-state index in [1.54, 1.807) is 18.3 Å². The van der Waals surface area contributed by atoms with Gasteiger partial charge in [-0.1, -0.05) is 12.1 Å². The van der Waals surface area contributed by atoms with E-state index in [-0.39, 0.29) is 18.7 Å². The number of para-hydroxylation sites is 2. The lowest BCUT2D eigenvalue weighted by molar-refractivity contribution is -0.141. The molecule has 0 saturated carbocycles. The van der Waals surface area contributed by atoms with E-state index in [2.05, 4.69) is 9.84 Å². The Morgan fingerprint density at radius 1 is 1.29 bits per heavy atom. The number of esters is 2. The first-order valence-corrected chi connectivity index (χ1v) is 6.26. The summed E-state index contributed by atoms with van der Waals surface area (Å²) in [7, 11) is 1.27. The molecule has 0 unspecified atom stereocenters. The average Bonchev–Trinajstić information content (AvgIpc) is 2.97. The second kappa shape index (κ2) is 6.56. The number of nitrogens with zero attached hydrogens (tertiary/aromatic N) is 2. The predicted molar refractivity (Wildman–Crippen MR) is 74.9 cm³/mol. The van der Waals surface area contributed by atoms with Crippen molar-refractivity contribution in [2.24, 2.45) is 0 Å². The molecule has 2 N–H and O–H groups in total. The summed E-state index contributed by atoms with van der Waals surface area (Å²) in [5.41, 5.74) is 7.20. The van der Waals surface area contributed by atoms with Crippen LogP contribution in [0.5, 0.6) is 0 Å². The third kappa shape index (κ3) is 3.59. The van der Waals surface area contributed by atoms with E-state index in [4.69, 9.17) is 10.5 Å². The van der Waals surface area contributed by atoms with Crippen molar-refractivity contribution in [1.82, 2.24) is 9.78 Å². The lowest BCUT2D eigenvalue weighted by atomic mass is 10.3. The van der Waals surface area contributed by atoms with Crippen LogP contribution in [-0.2, 0) is 14.3 Å². The summed E-state index contributed by atoms with van der Waals surface area (Å²) in [6, 6.07) is 8.68. The van der Waals surface area contributed by atoms with Gasteiger partial charge in [-0.15, -0.1) is 0 Å². The molecule has 7 nitrogen and oxygen atoms in total. The average molecular weight is 289 g/mol. The number of hydrogen-bond donors (Lipinski definition) is 1. The smallest absolute Gasteiger partial charge is 0.358 e. The van der Waals surface area contributed by atoms with Crippen molar-refractivity contribution in [1.29, 1.82) is 0 Å². The highest BCUT2D eigenvalue weighted by Crippen LogP contribution is 2.15. The van der Waals surface area contributed by atoms with E-state index in [0.717, 1.165) is 0 Å². The molecule has 0 aliphatic heterocycles. The van der Waals surface area contributed by atoms with Crippen LogP contribution in [0.15, 0.2) is 36.5 Å². The molecule has 0 bridgehead atoms. The van der Waals surface area contributed by atoms with Crippen LogP contribution in [0.2, 0.25) is 0 Å². The van der Waals surface area contributed by atoms with E-state index < -0.39 is 11.9 Å². The summed E-state index contributed by atoms with van der Waals surface area (Å²) in [6.07, 6.45) is 1.62. The van der Waals surface area contributed by atoms with Gasteiger partial charge in [-0.2, -0.15) is 5.10 Å². The highest BCUT2D eigenvalue weighted by molar-refractivity contribution is 5.87. The Morgan fingerprint density at radius 2 is 2.05 bits per heavy atom. The zero-order chi connectivity index (χ0) is 15.2. The Kier molecular flexibility index (Phi) is 4.55. The van der Waals surface area contributed by atoms with Gasteiger partial charge >= 0.3 is 11.9 Å². The normalized spacial score (nSPS) is 10.1. The molecule has 2 aromatic rings. The van der Waals surface area contributed by atoms with Gasteiger partial charge in [0.15, 0.2) is 5.69 Å². The molecular weight excluding hydrogens is 274 g/mol. The second-order valence-electron chi connectivity index (χ2n) is 4.17. The minimum atomic E-state index is -0.604. The van der Waals surface area contributed by atoms with Crippen molar-refractivity contribution in [2.75, 3.05) is 19.5 Å². The van der Waals surface area contributed by atoms with E-state index in [1.807, 2.05) is 12.1 Å². The third-order valence-corrected chi connectivity index (χ3v) is 2.75. The lowest BCUT2D eigenvalue weighted by Gasteiger charge is -2.04. The summed E-state index contributed by atoms with van der Waals surface area (Å²) in [5.74, 6) is -1.04. The molecule has 1 aromatic heterocycles. The lowest BCUT2D eigenvalue weighted by Crippen LogP contribution is -2.12. The summed E-state index contributed by atoms with van der Waals surface area (Å²) in [4.78, 5) is 22.7. The zero-order valence-electron chi connectivity index (χ0n) is 11.5. The fourth-order valence-electron chi connectivity index (χ4n) is 1.67. The van der Waals surface area contributed by atoms with E-state index in [9.17, 15) is 9.59 Å². The van der Waals surface area contributed by atoms with Crippen molar-refractivity contribution in [3.05, 3.63) is 42.2 Å². The quantitative estimate of drug-likeness (QED) is 0.655. The summed E-state index contributed by atoms with van der Waals surface area (Å²) < 4.78 is 10.9. The van der Waals surface area contributed by atoms with Gasteiger partial charge in [0.1, 0.15) is 6.61 Å². The van der Waals surface area contributed by atoms with Crippen molar-refractivity contribution in [2.45, 2.75) is 6.42 Å². The molecule has 1 heterocycles. The number of ether oxygens (including phenoxy) is 2. The summed E-state index contributed by atoms with van der Waals surface area (Å²) in [5, 5.41) is 4.11. The van der Waals surface area contributed by atoms with E-state index >= 15 is 0 Å². The molecule has 110 valence electrons. The molecule has 0 aliphatic rings. The topological polar surface area (TPSA) is 96.4 Å². The molecule has 0 fully saturated rings. The predicted octanol–water partition coefficient (Wildman–Crippen LogP) is 1.17. The molecule has 0 saturated heterocycles. The Balaban J connectivity index is 2.01. The highest BCUT2D eigenvalue weighted by Gasteiger charge is 2.13. The zero-order valence-corrected chi connectivity index (χ0v) is 11.5. The number of carbonyl (C=O) groups excluding carboxylic acids is 2. The van der Waals surface area contributed by atoms with Gasteiger partial charge in [0.25, 0.3) is 0 Å². The van der Waals surface area contributed by atoms with Gasteiger partial charge in [-0.25, -0.2) is 9.48 Å². The fourth-order valence-corrected chi connectivity index (χ4v) is 1.67. The summed E-state index contributed by atoms with van der Waals surface area (Å²) in [6.45, 7) is -0.0498. The first-order chi connectivity index (χ1) is 10.1. The van der Waals surface area contributed by atoms with Crippen molar-refractivity contribution >= 4 is 17.6 Å². The van der Waals surface area contributed by atoms with E-state index in [0.29, 0.717) is 11.4 Å². The third-order valence-electron chi connectivity index (χ3n) is 2.75. The first-order valence-electron chi connectivity index (χ1n) is 6.26. The van der Waals surface area contributed by atoms with Crippen LogP contribution in [0.3, 0.4) is 0 Å². The van der Waals surface area contributed by atoms with Gasteiger partial charge in [0.05, 0.1) is 24.9 Å². The fraction of sp³-hybridized carbons (Fsp3) is 0.214. The van der Waals surface area contributed by atoms with Crippen LogP contribution in [0.1, 0.15) is 16.9 Å². The molecule has 0 atom stereocenters. The van der Waals surface area contributed by atoms with Crippen LogP contribution in [0.4, 0.5) is 5.69 Å². The Hall–Kier alpha value is -2.83. The van der Waals surface area contributed by atoms with Crippen LogP contribution in [-0.4, -0.2) is 35.4 Å². The number of anilines is 1. The van der Waals surface area contributed by atoms with Crippen LogP contribution >= 0.6 is 0 Å². The van der Waals surface area contributed by atoms with Crippen molar-refractivity contribution in [3.63, 3.8) is 0 Å². The Bertz CT molecular complexity index is 651. The second-order valence-corrected chi connectivity index (χ2v) is 4.17. The first kappa shape index (κ1) is 14.6.